The van der Waals surface area contributed by atoms with E-state index in [9.17, 15) is 4.79 Å². The largest absolute Gasteiger partial charge is 0.330 e. The summed E-state index contributed by atoms with van der Waals surface area (Å²) < 4.78 is 0. The van der Waals surface area contributed by atoms with E-state index in [1.807, 2.05) is 0 Å². The van der Waals surface area contributed by atoms with Crippen molar-refractivity contribution in [2.45, 2.75) is 25.7 Å². The molecule has 2 aliphatic carbocycles. The maximum atomic E-state index is 10.9. The van der Waals surface area contributed by atoms with Crippen LogP contribution in [0, 0.1) is 11.3 Å². The fourth-order valence-electron chi connectivity index (χ4n) is 2.14. The minimum Gasteiger partial charge on any atom is -0.330 e. The number of rotatable bonds is 1. The number of carbonyl (C=O) groups excluding carboxylic acids is 1. The summed E-state index contributed by atoms with van der Waals surface area (Å²) in [5.41, 5.74) is 6.04. The fraction of sp³-hybridized carbons (Fsp3) is 0.875. The highest BCUT2D eigenvalue weighted by Crippen LogP contribution is 2.59. The van der Waals surface area contributed by atoms with E-state index in [1.54, 1.807) is 0 Å². The van der Waals surface area contributed by atoms with Gasteiger partial charge in [-0.25, -0.2) is 0 Å². The molecule has 0 amide bonds. The molecule has 2 saturated carbocycles. The molecule has 0 radical (unpaired) electrons. The van der Waals surface area contributed by atoms with Crippen LogP contribution in [0.2, 0.25) is 0 Å². The fourth-order valence-corrected chi connectivity index (χ4v) is 2.14. The molecule has 0 heterocycles. The van der Waals surface area contributed by atoms with E-state index in [-0.39, 0.29) is 0 Å². The van der Waals surface area contributed by atoms with Gasteiger partial charge in [-0.3, -0.25) is 4.79 Å². The quantitative estimate of drug-likeness (QED) is 0.581. The summed E-state index contributed by atoms with van der Waals surface area (Å²) in [6.45, 7) is 0.797. The molecule has 2 rings (SSSR count). The number of ketones is 1. The molecule has 0 aromatic heterocycles. The molecule has 10 heavy (non-hydrogen) atoms. The van der Waals surface area contributed by atoms with Gasteiger partial charge in [-0.15, -0.1) is 0 Å². The Labute approximate surface area is 60.8 Å². The third-order valence-corrected chi connectivity index (χ3v) is 3.14. The van der Waals surface area contributed by atoms with Crippen LogP contribution < -0.4 is 5.73 Å². The van der Waals surface area contributed by atoms with Gasteiger partial charge in [0, 0.05) is 12.8 Å². The van der Waals surface area contributed by atoms with Crippen LogP contribution in [-0.2, 0) is 4.79 Å². The van der Waals surface area contributed by atoms with Gasteiger partial charge in [0.25, 0.3) is 0 Å². The number of carbonyl (C=O) groups is 1. The standard InChI is InChI=1S/C8H13NO/c9-5-8-2-1-7(10)3-6(8)4-8/h6H,1-5,9H2. The van der Waals surface area contributed by atoms with Crippen LogP contribution in [0.25, 0.3) is 0 Å². The lowest BCUT2D eigenvalue weighted by Gasteiger charge is -2.18. The molecule has 0 spiro atoms. The summed E-state index contributed by atoms with van der Waals surface area (Å²) in [4.78, 5) is 10.9. The van der Waals surface area contributed by atoms with Crippen LogP contribution in [0.3, 0.4) is 0 Å². The molecule has 2 unspecified atom stereocenters. The SMILES string of the molecule is NCC12CCC(=O)CC1C2. The van der Waals surface area contributed by atoms with Gasteiger partial charge < -0.3 is 5.73 Å². The van der Waals surface area contributed by atoms with Gasteiger partial charge in [0.1, 0.15) is 5.78 Å². The molecule has 0 aromatic carbocycles. The number of hydrogen-bond donors (Lipinski definition) is 1. The monoisotopic (exact) mass is 139 g/mol. The highest BCUT2D eigenvalue weighted by Gasteiger charge is 2.55. The summed E-state index contributed by atoms with van der Waals surface area (Å²) in [5.74, 6) is 1.12. The molecule has 2 N–H and O–H groups in total. The van der Waals surface area contributed by atoms with Crippen molar-refractivity contribution >= 4 is 5.78 Å². The maximum absolute atomic E-state index is 10.9. The second kappa shape index (κ2) is 1.82. The minimum absolute atomic E-state index is 0.425. The first-order valence-corrected chi connectivity index (χ1v) is 3.99. The average molecular weight is 139 g/mol. The predicted molar refractivity (Wildman–Crippen MR) is 38.5 cm³/mol. The van der Waals surface area contributed by atoms with E-state index in [1.165, 1.54) is 6.42 Å². The maximum Gasteiger partial charge on any atom is 0.133 e. The second-order valence-electron chi connectivity index (χ2n) is 3.71. The highest BCUT2D eigenvalue weighted by atomic mass is 16.1. The highest BCUT2D eigenvalue weighted by molar-refractivity contribution is 5.80. The molecule has 56 valence electrons. The van der Waals surface area contributed by atoms with Gasteiger partial charge in [-0.05, 0) is 30.7 Å². The number of hydrogen-bond acceptors (Lipinski definition) is 2. The third kappa shape index (κ3) is 0.717. The molecule has 0 bridgehead atoms. The van der Waals surface area contributed by atoms with E-state index in [0.29, 0.717) is 17.1 Å². The molecule has 2 aliphatic rings. The Balaban J connectivity index is 2.05. The Morgan fingerprint density at radius 3 is 3.10 bits per heavy atom. The van der Waals surface area contributed by atoms with E-state index in [2.05, 4.69) is 0 Å². The van der Waals surface area contributed by atoms with Crippen LogP contribution >= 0.6 is 0 Å². The van der Waals surface area contributed by atoms with Crippen LogP contribution in [0.5, 0.6) is 0 Å². The van der Waals surface area contributed by atoms with E-state index in [4.69, 9.17) is 5.73 Å². The Morgan fingerprint density at radius 2 is 2.50 bits per heavy atom. The third-order valence-electron chi connectivity index (χ3n) is 3.14. The molecule has 2 heteroatoms. The molecule has 2 nitrogen and oxygen atoms in total. The first kappa shape index (κ1) is 6.35. The predicted octanol–water partition coefficient (Wildman–Crippen LogP) is 0.704. The summed E-state index contributed by atoms with van der Waals surface area (Å²) in [6, 6.07) is 0. The zero-order valence-corrected chi connectivity index (χ0v) is 6.10. The molecule has 2 fully saturated rings. The topological polar surface area (TPSA) is 43.1 Å². The van der Waals surface area contributed by atoms with Gasteiger partial charge >= 0.3 is 0 Å². The van der Waals surface area contributed by atoms with Crippen molar-refractivity contribution in [3.05, 3.63) is 0 Å². The van der Waals surface area contributed by atoms with Crippen LogP contribution in [0.15, 0.2) is 0 Å². The molecular formula is C8H13NO. The summed E-state index contributed by atoms with van der Waals surface area (Å²) >= 11 is 0. The van der Waals surface area contributed by atoms with E-state index < -0.39 is 0 Å². The lowest BCUT2D eigenvalue weighted by molar-refractivity contribution is -0.121. The number of Topliss-reactive ketones (excluding diaryl/α,β-unsaturated/α-hetero) is 1. The summed E-state index contributed by atoms with van der Waals surface area (Å²) in [7, 11) is 0. The molecule has 0 aromatic rings. The number of fused-ring (bicyclic) bond motifs is 1. The van der Waals surface area contributed by atoms with Gasteiger partial charge in [-0.2, -0.15) is 0 Å². The summed E-state index contributed by atoms with van der Waals surface area (Å²) in [5, 5.41) is 0. The van der Waals surface area contributed by atoms with Crippen LogP contribution in [0.1, 0.15) is 25.7 Å². The number of nitrogens with two attached hydrogens (primary N) is 1. The van der Waals surface area contributed by atoms with Crippen molar-refractivity contribution in [1.29, 1.82) is 0 Å². The van der Waals surface area contributed by atoms with Gasteiger partial charge in [0.2, 0.25) is 0 Å². The lowest BCUT2D eigenvalue weighted by Crippen LogP contribution is -2.23. The van der Waals surface area contributed by atoms with Gasteiger partial charge in [0.05, 0.1) is 0 Å². The summed E-state index contributed by atoms with van der Waals surface area (Å²) in [6.07, 6.45) is 3.88. The van der Waals surface area contributed by atoms with E-state index in [0.717, 1.165) is 25.8 Å². The van der Waals surface area contributed by atoms with Crippen molar-refractivity contribution in [2.75, 3.05) is 6.54 Å². The van der Waals surface area contributed by atoms with Crippen molar-refractivity contribution in [3.63, 3.8) is 0 Å². The van der Waals surface area contributed by atoms with Crippen LogP contribution in [0.4, 0.5) is 0 Å². The average Bonchev–Trinajstić information content (AvgIpc) is 2.62. The van der Waals surface area contributed by atoms with Crippen molar-refractivity contribution in [2.24, 2.45) is 17.1 Å². The smallest absolute Gasteiger partial charge is 0.133 e. The zero-order chi connectivity index (χ0) is 7.19. The normalized spacial score (nSPS) is 44.9. The molecule has 0 saturated heterocycles. The first-order chi connectivity index (χ1) is 4.77. The van der Waals surface area contributed by atoms with Gasteiger partial charge in [0.15, 0.2) is 0 Å². The Morgan fingerprint density at radius 1 is 1.70 bits per heavy atom. The lowest BCUT2D eigenvalue weighted by atomic mass is 9.88. The van der Waals surface area contributed by atoms with Crippen LogP contribution in [-0.4, -0.2) is 12.3 Å². The Kier molecular flexibility index (Phi) is 1.15. The van der Waals surface area contributed by atoms with Crippen molar-refractivity contribution < 1.29 is 4.79 Å². The zero-order valence-electron chi connectivity index (χ0n) is 6.10. The first-order valence-electron chi connectivity index (χ1n) is 3.99. The Hall–Kier alpha value is -0.370. The van der Waals surface area contributed by atoms with Crippen molar-refractivity contribution in [1.82, 2.24) is 0 Å². The van der Waals surface area contributed by atoms with Gasteiger partial charge in [-0.1, -0.05) is 0 Å². The van der Waals surface area contributed by atoms with E-state index >= 15 is 0 Å². The second-order valence-corrected chi connectivity index (χ2v) is 3.71. The molecule has 0 aliphatic heterocycles. The minimum atomic E-state index is 0.425. The van der Waals surface area contributed by atoms with Crippen molar-refractivity contribution in [3.8, 4) is 0 Å². The molecular weight excluding hydrogens is 126 g/mol. The molecule has 2 atom stereocenters. The Bertz CT molecular complexity index is 178.